The summed E-state index contributed by atoms with van der Waals surface area (Å²) >= 11 is 12.0. The Balaban J connectivity index is 1.94. The summed E-state index contributed by atoms with van der Waals surface area (Å²) in [6.45, 7) is 2.17. The number of methoxy groups -OCH3 is 1. The van der Waals surface area contributed by atoms with Crippen LogP contribution in [0.15, 0.2) is 42.5 Å². The van der Waals surface area contributed by atoms with E-state index in [-0.39, 0.29) is 12.3 Å². The first-order valence-electron chi connectivity index (χ1n) is 7.76. The molecule has 6 nitrogen and oxygen atoms in total. The minimum absolute atomic E-state index is 0.165. The number of benzene rings is 2. The average Bonchev–Trinajstić information content (AvgIpc) is 3.02. The van der Waals surface area contributed by atoms with Gasteiger partial charge in [0.25, 0.3) is 5.91 Å². The number of nitrogens with zero attached hydrogens (tertiary/aromatic N) is 3. The third-order valence-electron chi connectivity index (χ3n) is 3.72. The largest absolute Gasteiger partial charge is 0.378 e. The Hall–Kier alpha value is -2.41. The maximum atomic E-state index is 12.7. The Morgan fingerprint density at radius 3 is 2.58 bits per heavy atom. The van der Waals surface area contributed by atoms with Crippen molar-refractivity contribution >= 4 is 34.8 Å². The van der Waals surface area contributed by atoms with Crippen LogP contribution in [0.2, 0.25) is 10.0 Å². The number of hydrogen-bond donors (Lipinski definition) is 1. The first kappa shape index (κ1) is 18.4. The Morgan fingerprint density at radius 1 is 1.19 bits per heavy atom. The smallest absolute Gasteiger partial charge is 0.278 e. The molecular weight excluding hydrogens is 375 g/mol. The van der Waals surface area contributed by atoms with Crippen LogP contribution in [0.25, 0.3) is 5.69 Å². The lowest BCUT2D eigenvalue weighted by Gasteiger charge is -2.09. The number of ether oxygens (including phenoxy) is 1. The van der Waals surface area contributed by atoms with E-state index >= 15 is 0 Å². The Kier molecular flexibility index (Phi) is 5.56. The maximum absolute atomic E-state index is 12.7. The molecule has 0 spiro atoms. The lowest BCUT2D eigenvalue weighted by Crippen LogP contribution is -2.16. The van der Waals surface area contributed by atoms with Gasteiger partial charge < -0.3 is 10.1 Å². The van der Waals surface area contributed by atoms with E-state index < -0.39 is 5.91 Å². The van der Waals surface area contributed by atoms with Crippen molar-refractivity contribution < 1.29 is 9.53 Å². The Bertz CT molecular complexity index is 939. The number of anilines is 1. The van der Waals surface area contributed by atoms with Crippen molar-refractivity contribution in [3.05, 3.63) is 69.5 Å². The molecule has 1 aromatic heterocycles. The normalized spacial score (nSPS) is 10.8. The number of carbonyl (C=O) groups excluding carboxylic acids is 1. The zero-order chi connectivity index (χ0) is 18.7. The standard InChI is InChI=1S/C18H16Cl2N4O2/c1-11-3-6-13(7-4-11)24-16(10-26-2)17(22-23-24)18(25)21-15-8-5-12(19)9-14(15)20/h3-9H,10H2,1-2H3,(H,21,25). The Labute approximate surface area is 160 Å². The highest BCUT2D eigenvalue weighted by molar-refractivity contribution is 6.36. The van der Waals surface area contributed by atoms with Gasteiger partial charge in [-0.2, -0.15) is 0 Å². The first-order chi connectivity index (χ1) is 12.5. The van der Waals surface area contributed by atoms with Gasteiger partial charge in [0.05, 0.1) is 23.0 Å². The van der Waals surface area contributed by atoms with E-state index in [9.17, 15) is 4.79 Å². The summed E-state index contributed by atoms with van der Waals surface area (Å²) < 4.78 is 6.81. The monoisotopic (exact) mass is 390 g/mol. The van der Waals surface area contributed by atoms with E-state index in [0.717, 1.165) is 11.3 Å². The van der Waals surface area contributed by atoms with Crippen molar-refractivity contribution in [2.45, 2.75) is 13.5 Å². The highest BCUT2D eigenvalue weighted by Crippen LogP contribution is 2.26. The van der Waals surface area contributed by atoms with Crippen LogP contribution in [-0.4, -0.2) is 28.0 Å². The third-order valence-corrected chi connectivity index (χ3v) is 4.26. The van der Waals surface area contributed by atoms with Gasteiger partial charge in [-0.15, -0.1) is 5.10 Å². The van der Waals surface area contributed by atoms with E-state index in [4.69, 9.17) is 27.9 Å². The van der Waals surface area contributed by atoms with Gasteiger partial charge in [-0.05, 0) is 37.3 Å². The summed E-state index contributed by atoms with van der Waals surface area (Å²) in [5, 5.41) is 11.7. The van der Waals surface area contributed by atoms with E-state index in [1.807, 2.05) is 31.2 Å². The zero-order valence-electron chi connectivity index (χ0n) is 14.2. The maximum Gasteiger partial charge on any atom is 0.278 e. The second-order valence-electron chi connectivity index (χ2n) is 5.64. The fourth-order valence-electron chi connectivity index (χ4n) is 2.41. The molecule has 1 N–H and O–H groups in total. The van der Waals surface area contributed by atoms with Crippen LogP contribution in [0.3, 0.4) is 0 Å². The summed E-state index contributed by atoms with van der Waals surface area (Å²) in [5.74, 6) is -0.431. The second kappa shape index (κ2) is 7.86. The molecule has 8 heteroatoms. The molecule has 0 saturated carbocycles. The zero-order valence-corrected chi connectivity index (χ0v) is 15.7. The van der Waals surface area contributed by atoms with Gasteiger partial charge in [0.1, 0.15) is 5.69 Å². The van der Waals surface area contributed by atoms with Gasteiger partial charge in [0.2, 0.25) is 0 Å². The molecular formula is C18H16Cl2N4O2. The van der Waals surface area contributed by atoms with Gasteiger partial charge in [0, 0.05) is 12.1 Å². The number of aryl methyl sites for hydroxylation is 1. The third kappa shape index (κ3) is 3.88. The molecule has 3 rings (SSSR count). The molecule has 0 aliphatic rings. The van der Waals surface area contributed by atoms with E-state index in [0.29, 0.717) is 21.4 Å². The van der Waals surface area contributed by atoms with Crippen molar-refractivity contribution in [1.29, 1.82) is 0 Å². The topological polar surface area (TPSA) is 69.0 Å². The van der Waals surface area contributed by atoms with Crippen LogP contribution in [0.5, 0.6) is 0 Å². The molecule has 3 aromatic rings. The quantitative estimate of drug-likeness (QED) is 0.705. The van der Waals surface area contributed by atoms with Crippen LogP contribution < -0.4 is 5.32 Å². The van der Waals surface area contributed by atoms with Crippen molar-refractivity contribution in [2.75, 3.05) is 12.4 Å². The highest BCUT2D eigenvalue weighted by Gasteiger charge is 2.21. The second-order valence-corrected chi connectivity index (χ2v) is 6.49. The predicted octanol–water partition coefficient (Wildman–Crippen LogP) is 4.28. The summed E-state index contributed by atoms with van der Waals surface area (Å²) in [5.41, 5.74) is 3.06. The van der Waals surface area contributed by atoms with Crippen molar-refractivity contribution in [3.63, 3.8) is 0 Å². The van der Waals surface area contributed by atoms with Crippen LogP contribution in [-0.2, 0) is 11.3 Å². The van der Waals surface area contributed by atoms with Crippen LogP contribution in [0.4, 0.5) is 5.69 Å². The molecule has 0 fully saturated rings. The number of hydrogen-bond acceptors (Lipinski definition) is 4. The SMILES string of the molecule is COCc1c(C(=O)Nc2ccc(Cl)cc2Cl)nnn1-c1ccc(C)cc1. The van der Waals surface area contributed by atoms with Crippen molar-refractivity contribution in [3.8, 4) is 5.69 Å². The summed E-state index contributed by atoms with van der Waals surface area (Å²) in [7, 11) is 1.55. The molecule has 0 bridgehead atoms. The molecule has 0 aliphatic heterocycles. The Morgan fingerprint density at radius 2 is 1.92 bits per heavy atom. The fourth-order valence-corrected chi connectivity index (χ4v) is 2.87. The van der Waals surface area contributed by atoms with Crippen LogP contribution in [0, 0.1) is 6.92 Å². The van der Waals surface area contributed by atoms with Gasteiger partial charge >= 0.3 is 0 Å². The van der Waals surface area contributed by atoms with E-state index in [1.165, 1.54) is 0 Å². The first-order valence-corrected chi connectivity index (χ1v) is 8.52. The lowest BCUT2D eigenvalue weighted by molar-refractivity contribution is 0.101. The number of nitrogens with one attached hydrogen (secondary N) is 1. The molecule has 2 aromatic carbocycles. The van der Waals surface area contributed by atoms with Crippen LogP contribution in [0.1, 0.15) is 21.7 Å². The van der Waals surface area contributed by atoms with Gasteiger partial charge in [-0.3, -0.25) is 4.79 Å². The number of halogens is 2. The van der Waals surface area contributed by atoms with Crippen molar-refractivity contribution in [2.24, 2.45) is 0 Å². The van der Waals surface area contributed by atoms with Crippen LogP contribution >= 0.6 is 23.2 Å². The summed E-state index contributed by atoms with van der Waals surface area (Å²) in [4.78, 5) is 12.7. The van der Waals surface area contributed by atoms with Gasteiger partial charge in [0.15, 0.2) is 5.69 Å². The molecule has 0 atom stereocenters. The average molecular weight is 391 g/mol. The molecule has 0 radical (unpaired) electrons. The molecule has 0 aliphatic carbocycles. The molecule has 26 heavy (non-hydrogen) atoms. The molecule has 1 amide bonds. The minimum Gasteiger partial charge on any atom is -0.378 e. The number of carbonyl (C=O) groups is 1. The van der Waals surface area contributed by atoms with E-state index in [2.05, 4.69) is 15.6 Å². The van der Waals surface area contributed by atoms with E-state index in [1.54, 1.807) is 30.0 Å². The van der Waals surface area contributed by atoms with Gasteiger partial charge in [-0.1, -0.05) is 46.1 Å². The van der Waals surface area contributed by atoms with Gasteiger partial charge in [-0.25, -0.2) is 4.68 Å². The molecule has 0 unspecified atom stereocenters. The number of rotatable bonds is 5. The minimum atomic E-state index is -0.431. The highest BCUT2D eigenvalue weighted by atomic mass is 35.5. The predicted molar refractivity (Wildman–Crippen MR) is 101 cm³/mol. The summed E-state index contributed by atoms with van der Waals surface area (Å²) in [6.07, 6.45) is 0. The molecule has 134 valence electrons. The van der Waals surface area contributed by atoms with Crippen molar-refractivity contribution in [1.82, 2.24) is 15.0 Å². The summed E-state index contributed by atoms with van der Waals surface area (Å²) in [6, 6.07) is 12.5. The lowest BCUT2D eigenvalue weighted by atomic mass is 10.2. The molecule has 0 saturated heterocycles. The molecule has 1 heterocycles. The number of amides is 1. The number of aromatic nitrogens is 3. The fraction of sp³-hybridized carbons (Fsp3) is 0.167.